The predicted molar refractivity (Wildman–Crippen MR) is 52.9 cm³/mol. The number of aliphatic carboxylic acids is 1. The summed E-state index contributed by atoms with van der Waals surface area (Å²) in [5, 5.41) is 8.60. The van der Waals surface area contributed by atoms with E-state index in [2.05, 4.69) is 0 Å². The summed E-state index contributed by atoms with van der Waals surface area (Å²) in [6, 6.07) is 9.69. The maximum absolute atomic E-state index is 10.5. The van der Waals surface area contributed by atoms with Crippen LogP contribution in [0.4, 0.5) is 0 Å². The number of carboxylic acids is 1. The smallest absolute Gasteiger partial charge is 0.308 e. The van der Waals surface area contributed by atoms with Crippen molar-refractivity contribution in [2.24, 2.45) is 5.92 Å². The van der Waals surface area contributed by atoms with Crippen LogP contribution in [0.2, 0.25) is 0 Å². The van der Waals surface area contributed by atoms with E-state index < -0.39 is 11.9 Å². The van der Waals surface area contributed by atoms with Gasteiger partial charge in [0.05, 0.1) is 19.1 Å². The van der Waals surface area contributed by atoms with E-state index in [4.69, 9.17) is 9.84 Å². The fourth-order valence-corrected chi connectivity index (χ4v) is 0.999. The average molecular weight is 194 g/mol. The van der Waals surface area contributed by atoms with Crippen molar-refractivity contribution in [3.05, 3.63) is 35.9 Å². The molecule has 0 radical (unpaired) electrons. The SMILES string of the molecule is C[C@@H](COCc1ccccc1)C(=O)O. The number of ether oxygens (including phenoxy) is 1. The second-order valence-corrected chi connectivity index (χ2v) is 3.24. The third-order valence-electron chi connectivity index (χ3n) is 1.90. The second kappa shape index (κ2) is 5.40. The molecule has 0 bridgehead atoms. The zero-order chi connectivity index (χ0) is 10.4. The molecule has 76 valence electrons. The third kappa shape index (κ3) is 3.58. The topological polar surface area (TPSA) is 46.5 Å². The third-order valence-corrected chi connectivity index (χ3v) is 1.90. The molecule has 0 saturated heterocycles. The second-order valence-electron chi connectivity index (χ2n) is 3.24. The van der Waals surface area contributed by atoms with Crippen LogP contribution in [0, 0.1) is 5.92 Å². The van der Waals surface area contributed by atoms with Crippen LogP contribution >= 0.6 is 0 Å². The van der Waals surface area contributed by atoms with Gasteiger partial charge in [-0.3, -0.25) is 4.79 Å². The summed E-state index contributed by atoms with van der Waals surface area (Å²) in [5.41, 5.74) is 1.06. The zero-order valence-electron chi connectivity index (χ0n) is 8.14. The molecule has 0 unspecified atom stereocenters. The van der Waals surface area contributed by atoms with Crippen LogP contribution < -0.4 is 0 Å². The van der Waals surface area contributed by atoms with Gasteiger partial charge in [-0.05, 0) is 12.5 Å². The Bertz CT molecular complexity index is 282. The Morgan fingerprint density at radius 2 is 2.07 bits per heavy atom. The van der Waals surface area contributed by atoms with Gasteiger partial charge in [0.15, 0.2) is 0 Å². The molecule has 0 spiro atoms. The van der Waals surface area contributed by atoms with Crippen LogP contribution in [0.3, 0.4) is 0 Å². The molecular formula is C11H14O3. The summed E-state index contributed by atoms with van der Waals surface area (Å²) < 4.78 is 5.26. The van der Waals surface area contributed by atoms with Crippen LogP contribution in [0.15, 0.2) is 30.3 Å². The van der Waals surface area contributed by atoms with Crippen molar-refractivity contribution in [2.45, 2.75) is 13.5 Å². The number of hydrogen-bond acceptors (Lipinski definition) is 2. The summed E-state index contributed by atoms with van der Waals surface area (Å²) in [4.78, 5) is 10.5. The fraction of sp³-hybridized carbons (Fsp3) is 0.364. The zero-order valence-corrected chi connectivity index (χ0v) is 8.14. The minimum absolute atomic E-state index is 0.254. The molecule has 0 aliphatic heterocycles. The first-order valence-electron chi connectivity index (χ1n) is 4.54. The van der Waals surface area contributed by atoms with Crippen molar-refractivity contribution in [3.63, 3.8) is 0 Å². The van der Waals surface area contributed by atoms with Crippen molar-refractivity contribution in [2.75, 3.05) is 6.61 Å². The summed E-state index contributed by atoms with van der Waals surface area (Å²) in [7, 11) is 0. The molecule has 0 aliphatic rings. The van der Waals surface area contributed by atoms with Crippen LogP contribution in [-0.4, -0.2) is 17.7 Å². The molecule has 0 amide bonds. The molecule has 1 N–H and O–H groups in total. The van der Waals surface area contributed by atoms with E-state index in [1.165, 1.54) is 0 Å². The average Bonchev–Trinajstić information content (AvgIpc) is 2.19. The molecule has 0 aromatic heterocycles. The Labute approximate surface area is 83.3 Å². The first kappa shape index (κ1) is 10.7. The minimum Gasteiger partial charge on any atom is -0.481 e. The van der Waals surface area contributed by atoms with Gasteiger partial charge in [-0.15, -0.1) is 0 Å². The van der Waals surface area contributed by atoms with Crippen molar-refractivity contribution in [3.8, 4) is 0 Å². The van der Waals surface area contributed by atoms with E-state index >= 15 is 0 Å². The van der Waals surface area contributed by atoms with Gasteiger partial charge in [0.25, 0.3) is 0 Å². The highest BCUT2D eigenvalue weighted by Gasteiger charge is 2.10. The van der Waals surface area contributed by atoms with Gasteiger partial charge in [-0.1, -0.05) is 30.3 Å². The lowest BCUT2D eigenvalue weighted by atomic mass is 10.2. The number of benzene rings is 1. The quantitative estimate of drug-likeness (QED) is 0.779. The first-order chi connectivity index (χ1) is 6.70. The van der Waals surface area contributed by atoms with Gasteiger partial charge < -0.3 is 9.84 Å². The van der Waals surface area contributed by atoms with Crippen LogP contribution in [0.1, 0.15) is 12.5 Å². The maximum atomic E-state index is 10.5. The van der Waals surface area contributed by atoms with Crippen LogP contribution in [-0.2, 0) is 16.1 Å². The lowest BCUT2D eigenvalue weighted by Crippen LogP contribution is -2.15. The molecule has 0 saturated carbocycles. The monoisotopic (exact) mass is 194 g/mol. The highest BCUT2D eigenvalue weighted by molar-refractivity contribution is 5.69. The van der Waals surface area contributed by atoms with Crippen molar-refractivity contribution in [1.82, 2.24) is 0 Å². The van der Waals surface area contributed by atoms with Crippen LogP contribution in [0.5, 0.6) is 0 Å². The Balaban J connectivity index is 2.26. The molecule has 0 aliphatic carbocycles. The minimum atomic E-state index is -0.821. The molecule has 14 heavy (non-hydrogen) atoms. The van der Waals surface area contributed by atoms with E-state index in [1.807, 2.05) is 30.3 Å². The highest BCUT2D eigenvalue weighted by Crippen LogP contribution is 2.03. The lowest BCUT2D eigenvalue weighted by molar-refractivity contribution is -0.143. The highest BCUT2D eigenvalue weighted by atomic mass is 16.5. The molecular weight excluding hydrogens is 180 g/mol. The van der Waals surface area contributed by atoms with Gasteiger partial charge in [0.1, 0.15) is 0 Å². The van der Waals surface area contributed by atoms with E-state index in [1.54, 1.807) is 6.92 Å². The van der Waals surface area contributed by atoms with Gasteiger partial charge in [-0.25, -0.2) is 0 Å². The number of carbonyl (C=O) groups is 1. The van der Waals surface area contributed by atoms with Crippen molar-refractivity contribution >= 4 is 5.97 Å². The summed E-state index contributed by atoms with van der Waals surface area (Å²) in [6.07, 6.45) is 0. The summed E-state index contributed by atoms with van der Waals surface area (Å²) in [5.74, 6) is -1.27. The lowest BCUT2D eigenvalue weighted by Gasteiger charge is -2.07. The van der Waals surface area contributed by atoms with Gasteiger partial charge in [0, 0.05) is 0 Å². The first-order valence-corrected chi connectivity index (χ1v) is 4.54. The Morgan fingerprint density at radius 1 is 1.43 bits per heavy atom. The summed E-state index contributed by atoms with van der Waals surface area (Å²) in [6.45, 7) is 2.36. The Kier molecular flexibility index (Phi) is 4.13. The van der Waals surface area contributed by atoms with E-state index in [-0.39, 0.29) is 6.61 Å². The standard InChI is InChI=1S/C11H14O3/c1-9(11(12)13)7-14-8-10-5-3-2-4-6-10/h2-6,9H,7-8H2,1H3,(H,12,13)/t9-/m0/s1. The molecule has 0 heterocycles. The molecule has 1 aromatic carbocycles. The number of hydrogen-bond donors (Lipinski definition) is 1. The largest absolute Gasteiger partial charge is 0.481 e. The number of carboxylic acid groups (broad SMARTS) is 1. The fourth-order valence-electron chi connectivity index (χ4n) is 0.999. The Hall–Kier alpha value is -1.35. The van der Waals surface area contributed by atoms with Gasteiger partial charge >= 0.3 is 5.97 Å². The Morgan fingerprint density at radius 3 is 2.64 bits per heavy atom. The molecule has 1 aromatic rings. The van der Waals surface area contributed by atoms with Gasteiger partial charge in [0.2, 0.25) is 0 Å². The molecule has 1 atom stereocenters. The van der Waals surface area contributed by atoms with E-state index in [0.717, 1.165) is 5.56 Å². The van der Waals surface area contributed by atoms with Crippen LogP contribution in [0.25, 0.3) is 0 Å². The normalized spacial score (nSPS) is 12.4. The maximum Gasteiger partial charge on any atom is 0.308 e. The van der Waals surface area contributed by atoms with E-state index in [9.17, 15) is 4.79 Å². The molecule has 3 heteroatoms. The van der Waals surface area contributed by atoms with Crippen molar-refractivity contribution < 1.29 is 14.6 Å². The van der Waals surface area contributed by atoms with Gasteiger partial charge in [-0.2, -0.15) is 0 Å². The summed E-state index contributed by atoms with van der Waals surface area (Å²) >= 11 is 0. The predicted octanol–water partition coefficient (Wildman–Crippen LogP) is 1.92. The molecule has 1 rings (SSSR count). The van der Waals surface area contributed by atoms with Crippen molar-refractivity contribution in [1.29, 1.82) is 0 Å². The molecule has 3 nitrogen and oxygen atoms in total. The van der Waals surface area contributed by atoms with E-state index in [0.29, 0.717) is 6.61 Å². The number of rotatable bonds is 5. The molecule has 0 fully saturated rings.